The van der Waals surface area contributed by atoms with Crippen LogP contribution >= 0.6 is 23.5 Å². The third-order valence-electron chi connectivity index (χ3n) is 4.85. The molecule has 2 amide bonds. The summed E-state index contributed by atoms with van der Waals surface area (Å²) in [6.07, 6.45) is -0.300. The van der Waals surface area contributed by atoms with Crippen LogP contribution in [0.3, 0.4) is 0 Å². The minimum absolute atomic E-state index is 0.300. The topological polar surface area (TPSA) is 110 Å². The molecule has 0 aliphatic heterocycles. The number of benzene rings is 4. The van der Waals surface area contributed by atoms with E-state index in [9.17, 15) is 9.59 Å². The lowest BCUT2D eigenvalue weighted by molar-refractivity contribution is -0.123. The fourth-order valence-electron chi connectivity index (χ4n) is 3.23. The SMILES string of the molecule is Nc1ccccc1Sc1cccc(NC(=O)CC(=O)Nc2cccc(Sc3ccccc3N)c2)c1. The average Bonchev–Trinajstić information content (AvgIpc) is 2.82. The van der Waals surface area contributed by atoms with Crippen molar-refractivity contribution in [1.29, 1.82) is 0 Å². The van der Waals surface area contributed by atoms with Crippen LogP contribution in [0.2, 0.25) is 0 Å². The van der Waals surface area contributed by atoms with Gasteiger partial charge in [-0.1, -0.05) is 59.9 Å². The second-order valence-corrected chi connectivity index (χ2v) is 9.84. The molecule has 4 aromatic rings. The summed E-state index contributed by atoms with van der Waals surface area (Å²) in [7, 11) is 0. The number of amides is 2. The molecule has 0 saturated carbocycles. The third-order valence-corrected chi connectivity index (χ3v) is 7.01. The zero-order valence-electron chi connectivity index (χ0n) is 18.7. The average molecular weight is 501 g/mol. The van der Waals surface area contributed by atoms with Crippen molar-refractivity contribution in [3.8, 4) is 0 Å². The molecule has 0 atom stereocenters. The maximum absolute atomic E-state index is 12.5. The van der Waals surface area contributed by atoms with Crippen molar-refractivity contribution in [2.24, 2.45) is 0 Å². The summed E-state index contributed by atoms with van der Waals surface area (Å²) in [5.74, 6) is -0.794. The monoisotopic (exact) mass is 500 g/mol. The molecule has 176 valence electrons. The van der Waals surface area contributed by atoms with E-state index >= 15 is 0 Å². The van der Waals surface area contributed by atoms with Gasteiger partial charge in [0.05, 0.1) is 0 Å². The van der Waals surface area contributed by atoms with Gasteiger partial charge in [0.25, 0.3) is 0 Å². The summed E-state index contributed by atoms with van der Waals surface area (Å²) < 4.78 is 0. The van der Waals surface area contributed by atoms with Crippen molar-refractivity contribution in [2.75, 3.05) is 22.1 Å². The van der Waals surface area contributed by atoms with E-state index in [0.717, 1.165) is 19.6 Å². The number of carbonyl (C=O) groups is 2. The summed E-state index contributed by atoms with van der Waals surface area (Å²) in [5, 5.41) is 5.57. The van der Waals surface area contributed by atoms with Crippen molar-refractivity contribution >= 4 is 58.1 Å². The lowest BCUT2D eigenvalue weighted by Crippen LogP contribution is -2.21. The van der Waals surface area contributed by atoms with Gasteiger partial charge in [0.2, 0.25) is 11.8 Å². The van der Waals surface area contributed by atoms with Crippen molar-refractivity contribution in [2.45, 2.75) is 26.0 Å². The first kappa shape index (κ1) is 24.3. The molecule has 0 aliphatic carbocycles. The molecule has 4 aromatic carbocycles. The van der Waals surface area contributed by atoms with E-state index in [4.69, 9.17) is 11.5 Å². The highest BCUT2D eigenvalue weighted by atomic mass is 32.2. The number of rotatable bonds is 8. The van der Waals surface area contributed by atoms with Crippen LogP contribution in [0, 0.1) is 0 Å². The molecule has 8 heteroatoms. The van der Waals surface area contributed by atoms with E-state index in [1.54, 1.807) is 12.1 Å². The Morgan fingerprint density at radius 3 is 1.46 bits per heavy atom. The number of nitrogen functional groups attached to an aromatic ring is 2. The molecule has 6 N–H and O–H groups in total. The fraction of sp³-hybridized carbons (Fsp3) is 0.0370. The van der Waals surface area contributed by atoms with E-state index in [0.29, 0.717) is 22.7 Å². The minimum atomic E-state index is -0.397. The number of carbonyl (C=O) groups excluding carboxylic acids is 2. The highest BCUT2D eigenvalue weighted by Crippen LogP contribution is 2.34. The molecule has 0 unspecified atom stereocenters. The first-order valence-electron chi connectivity index (χ1n) is 10.8. The fourth-order valence-corrected chi connectivity index (χ4v) is 5.07. The zero-order valence-corrected chi connectivity index (χ0v) is 20.4. The molecule has 0 spiro atoms. The van der Waals surface area contributed by atoms with Crippen LogP contribution in [0.5, 0.6) is 0 Å². The Bertz CT molecular complexity index is 1260. The zero-order chi connectivity index (χ0) is 24.6. The van der Waals surface area contributed by atoms with Gasteiger partial charge in [-0.25, -0.2) is 0 Å². The smallest absolute Gasteiger partial charge is 0.233 e. The van der Waals surface area contributed by atoms with E-state index in [1.165, 1.54) is 23.5 Å². The maximum Gasteiger partial charge on any atom is 0.233 e. The summed E-state index contributed by atoms with van der Waals surface area (Å²) in [6, 6.07) is 30.0. The molecular formula is C27H24N4O2S2. The van der Waals surface area contributed by atoms with Gasteiger partial charge in [-0.05, 0) is 60.7 Å². The van der Waals surface area contributed by atoms with Gasteiger partial charge in [0, 0.05) is 42.3 Å². The van der Waals surface area contributed by atoms with Crippen molar-refractivity contribution < 1.29 is 9.59 Å². The van der Waals surface area contributed by atoms with Crippen molar-refractivity contribution in [1.82, 2.24) is 0 Å². The Kier molecular flexibility index (Phi) is 7.97. The molecule has 35 heavy (non-hydrogen) atoms. The molecule has 0 aliphatic rings. The molecule has 4 rings (SSSR count). The Hall–Kier alpha value is -3.88. The highest BCUT2D eigenvalue weighted by Gasteiger charge is 2.12. The van der Waals surface area contributed by atoms with Gasteiger partial charge in [0.1, 0.15) is 6.42 Å². The number of anilines is 4. The largest absolute Gasteiger partial charge is 0.398 e. The summed E-state index contributed by atoms with van der Waals surface area (Å²) in [4.78, 5) is 28.7. The number of nitrogens with two attached hydrogens (primary N) is 2. The summed E-state index contributed by atoms with van der Waals surface area (Å²) >= 11 is 3.02. The van der Waals surface area contributed by atoms with E-state index in [2.05, 4.69) is 10.6 Å². The molecule has 0 heterocycles. The quantitative estimate of drug-likeness (QED) is 0.171. The van der Waals surface area contributed by atoms with Crippen LogP contribution in [-0.4, -0.2) is 11.8 Å². The maximum atomic E-state index is 12.5. The number of nitrogens with one attached hydrogen (secondary N) is 2. The molecule has 0 fully saturated rings. The lowest BCUT2D eigenvalue weighted by atomic mass is 10.3. The second-order valence-electron chi connectivity index (χ2n) is 7.61. The Morgan fingerprint density at radius 1 is 0.600 bits per heavy atom. The predicted octanol–water partition coefficient (Wildman–Crippen LogP) is 6.12. The van der Waals surface area contributed by atoms with Crippen LogP contribution in [0.1, 0.15) is 6.42 Å². The first-order valence-corrected chi connectivity index (χ1v) is 12.4. The Morgan fingerprint density at radius 2 is 1.03 bits per heavy atom. The third kappa shape index (κ3) is 7.05. The van der Waals surface area contributed by atoms with Crippen LogP contribution in [0.25, 0.3) is 0 Å². The molecule has 0 radical (unpaired) electrons. The van der Waals surface area contributed by atoms with Gasteiger partial charge in [0.15, 0.2) is 0 Å². The van der Waals surface area contributed by atoms with Gasteiger partial charge < -0.3 is 22.1 Å². The molecule has 0 aromatic heterocycles. The van der Waals surface area contributed by atoms with Crippen LogP contribution in [0.4, 0.5) is 22.7 Å². The predicted molar refractivity (Wildman–Crippen MR) is 145 cm³/mol. The van der Waals surface area contributed by atoms with Gasteiger partial charge in [-0.15, -0.1) is 0 Å². The highest BCUT2D eigenvalue weighted by molar-refractivity contribution is 7.99. The normalized spacial score (nSPS) is 10.5. The summed E-state index contributed by atoms with van der Waals surface area (Å²) in [5.41, 5.74) is 14.6. The van der Waals surface area contributed by atoms with Crippen LogP contribution in [0.15, 0.2) is 117 Å². The van der Waals surface area contributed by atoms with Gasteiger partial charge in [-0.2, -0.15) is 0 Å². The Balaban J connectivity index is 1.33. The van der Waals surface area contributed by atoms with E-state index in [-0.39, 0.29) is 6.42 Å². The summed E-state index contributed by atoms with van der Waals surface area (Å²) in [6.45, 7) is 0. The number of hydrogen-bond donors (Lipinski definition) is 4. The number of para-hydroxylation sites is 2. The van der Waals surface area contributed by atoms with E-state index < -0.39 is 11.8 Å². The Labute approximate surface area is 212 Å². The minimum Gasteiger partial charge on any atom is -0.398 e. The molecule has 6 nitrogen and oxygen atoms in total. The first-order chi connectivity index (χ1) is 17.0. The van der Waals surface area contributed by atoms with Crippen molar-refractivity contribution in [3.63, 3.8) is 0 Å². The van der Waals surface area contributed by atoms with Gasteiger partial charge >= 0.3 is 0 Å². The second kappa shape index (κ2) is 11.5. The molecule has 0 saturated heterocycles. The lowest BCUT2D eigenvalue weighted by Gasteiger charge is -2.10. The molecular weight excluding hydrogens is 476 g/mol. The van der Waals surface area contributed by atoms with Crippen LogP contribution in [-0.2, 0) is 9.59 Å². The number of hydrogen-bond acceptors (Lipinski definition) is 6. The van der Waals surface area contributed by atoms with Gasteiger partial charge in [-0.3, -0.25) is 9.59 Å². The molecule has 0 bridgehead atoms. The standard InChI is InChI=1S/C27H24N4O2S2/c28-22-11-1-3-13-24(22)34-20-9-5-7-18(15-20)30-26(32)17-27(33)31-19-8-6-10-21(16-19)35-25-14-4-2-12-23(25)29/h1-16H,17,28-29H2,(H,30,32)(H,31,33). The van der Waals surface area contributed by atoms with E-state index in [1.807, 2.05) is 84.9 Å². The van der Waals surface area contributed by atoms with Crippen molar-refractivity contribution in [3.05, 3.63) is 97.1 Å². The van der Waals surface area contributed by atoms with Crippen LogP contribution < -0.4 is 22.1 Å².